The van der Waals surface area contributed by atoms with Crippen molar-refractivity contribution in [2.75, 3.05) is 29.9 Å². The number of thiazole rings is 1. The van der Waals surface area contributed by atoms with Crippen molar-refractivity contribution >= 4 is 33.8 Å². The molecule has 3 heterocycles. The van der Waals surface area contributed by atoms with E-state index < -0.39 is 11.7 Å². The van der Waals surface area contributed by atoms with Crippen LogP contribution in [0.15, 0.2) is 34.6 Å². The number of rotatable bonds is 7. The molecule has 0 amide bonds. The van der Waals surface area contributed by atoms with Crippen molar-refractivity contribution in [1.29, 1.82) is 0 Å². The monoisotopic (exact) mass is 527 g/mol. The number of aromatic nitrogens is 3. The maximum Gasteiger partial charge on any atom is 0.416 e. The van der Waals surface area contributed by atoms with E-state index in [1.165, 1.54) is 29.0 Å². The van der Waals surface area contributed by atoms with Gasteiger partial charge in [-0.25, -0.2) is 9.97 Å². The number of aryl methyl sites for hydroxylation is 1. The third-order valence-corrected chi connectivity index (χ3v) is 7.05. The van der Waals surface area contributed by atoms with Crippen LogP contribution in [0.3, 0.4) is 0 Å². The molecule has 12 heteroatoms. The molecule has 1 aliphatic heterocycles. The standard InChI is InChI=1S/C23H25ClF3N5O2S/c1-4-16-19(29-17-11-32(12-18(17)34-5-2)22-28-8-9-35-22)21(33)31(3)20(30-16)14-7-6-13(10-15(14)24)23(25,26)27/h6-10,17-18,29H,4-5,11-12H2,1-3H3/t17-,18+/m1/s1. The van der Waals surface area contributed by atoms with Crippen molar-refractivity contribution < 1.29 is 17.9 Å². The van der Waals surface area contributed by atoms with E-state index in [9.17, 15) is 18.0 Å². The highest BCUT2D eigenvalue weighted by atomic mass is 35.5. The SMILES string of the molecule is CCO[C@H]1CN(c2nccs2)C[C@H]1Nc1c(CC)nc(-c2ccc(C(F)(F)F)cc2Cl)n(C)c1=O. The number of halogens is 4. The predicted octanol–water partition coefficient (Wildman–Crippen LogP) is 4.84. The molecule has 1 fully saturated rings. The highest BCUT2D eigenvalue weighted by molar-refractivity contribution is 7.13. The van der Waals surface area contributed by atoms with Gasteiger partial charge in [-0.3, -0.25) is 9.36 Å². The summed E-state index contributed by atoms with van der Waals surface area (Å²) in [4.78, 5) is 24.5. The lowest BCUT2D eigenvalue weighted by Crippen LogP contribution is -2.38. The zero-order valence-corrected chi connectivity index (χ0v) is 21.0. The summed E-state index contributed by atoms with van der Waals surface area (Å²) < 4.78 is 46.4. The summed E-state index contributed by atoms with van der Waals surface area (Å²) >= 11 is 7.72. The fourth-order valence-corrected chi connectivity index (χ4v) is 5.10. The van der Waals surface area contributed by atoms with E-state index in [-0.39, 0.29) is 34.1 Å². The van der Waals surface area contributed by atoms with E-state index in [1.54, 1.807) is 6.20 Å². The van der Waals surface area contributed by atoms with Crippen molar-refractivity contribution in [1.82, 2.24) is 14.5 Å². The first-order chi connectivity index (χ1) is 16.6. The number of hydrogen-bond donors (Lipinski definition) is 1. The van der Waals surface area contributed by atoms with Crippen LogP contribution in [0, 0.1) is 0 Å². The zero-order valence-electron chi connectivity index (χ0n) is 19.4. The topological polar surface area (TPSA) is 72.3 Å². The molecule has 1 aliphatic rings. The van der Waals surface area contributed by atoms with Gasteiger partial charge in [0.25, 0.3) is 5.56 Å². The van der Waals surface area contributed by atoms with E-state index in [4.69, 9.17) is 16.3 Å². The normalized spacial score (nSPS) is 18.3. The molecule has 0 spiro atoms. The molecule has 0 bridgehead atoms. The summed E-state index contributed by atoms with van der Waals surface area (Å²) in [6, 6.07) is 2.84. The third-order valence-electron chi connectivity index (χ3n) is 5.90. The van der Waals surface area contributed by atoms with Gasteiger partial charge >= 0.3 is 6.18 Å². The molecule has 0 radical (unpaired) electrons. The van der Waals surface area contributed by atoms with Crippen LogP contribution in [0.1, 0.15) is 25.1 Å². The van der Waals surface area contributed by atoms with Gasteiger partial charge in [0.05, 0.1) is 28.4 Å². The summed E-state index contributed by atoms with van der Waals surface area (Å²) in [6.07, 6.45) is -2.50. The Labute approximate surface area is 209 Å². The first-order valence-corrected chi connectivity index (χ1v) is 12.4. The lowest BCUT2D eigenvalue weighted by molar-refractivity contribution is -0.137. The smallest absolute Gasteiger partial charge is 0.374 e. The molecular formula is C23H25ClF3N5O2S. The Bertz CT molecular complexity index is 1250. The summed E-state index contributed by atoms with van der Waals surface area (Å²) in [7, 11) is 1.53. The summed E-state index contributed by atoms with van der Waals surface area (Å²) in [5.41, 5.74) is -0.105. The number of ether oxygens (including phenoxy) is 1. The second-order valence-corrected chi connectivity index (χ2v) is 9.41. The number of nitrogens with zero attached hydrogens (tertiary/aromatic N) is 4. The van der Waals surface area contributed by atoms with Crippen LogP contribution in [0.2, 0.25) is 5.02 Å². The van der Waals surface area contributed by atoms with Crippen molar-refractivity contribution in [2.45, 2.75) is 38.6 Å². The van der Waals surface area contributed by atoms with Gasteiger partial charge in [0.15, 0.2) is 5.13 Å². The van der Waals surface area contributed by atoms with E-state index >= 15 is 0 Å². The van der Waals surface area contributed by atoms with Crippen LogP contribution in [0.5, 0.6) is 0 Å². The molecule has 2 aromatic heterocycles. The van der Waals surface area contributed by atoms with E-state index in [0.717, 1.165) is 17.3 Å². The van der Waals surface area contributed by atoms with Crippen LogP contribution >= 0.6 is 22.9 Å². The van der Waals surface area contributed by atoms with Crippen LogP contribution in [-0.2, 0) is 24.4 Å². The average Bonchev–Trinajstić information content (AvgIpc) is 3.47. The summed E-state index contributed by atoms with van der Waals surface area (Å²) in [5, 5.41) is 6.01. The van der Waals surface area contributed by atoms with Crippen LogP contribution < -0.4 is 15.8 Å². The molecule has 188 valence electrons. The molecule has 1 N–H and O–H groups in total. The molecule has 3 aromatic rings. The Morgan fingerprint density at radius 2 is 2.06 bits per heavy atom. The van der Waals surface area contributed by atoms with Crippen molar-refractivity contribution in [3.8, 4) is 11.4 Å². The molecule has 35 heavy (non-hydrogen) atoms. The Morgan fingerprint density at radius 3 is 2.66 bits per heavy atom. The third kappa shape index (κ3) is 5.17. The van der Waals surface area contributed by atoms with Gasteiger partial charge in [-0.2, -0.15) is 13.2 Å². The Morgan fingerprint density at radius 1 is 1.29 bits per heavy atom. The maximum atomic E-state index is 13.4. The van der Waals surface area contributed by atoms with Crippen LogP contribution in [-0.4, -0.2) is 46.4 Å². The number of benzene rings is 1. The van der Waals surface area contributed by atoms with Gasteiger partial charge in [0.1, 0.15) is 11.5 Å². The Balaban J connectivity index is 1.68. The summed E-state index contributed by atoms with van der Waals surface area (Å²) in [5.74, 6) is 0.202. The van der Waals surface area contributed by atoms with E-state index in [0.29, 0.717) is 37.5 Å². The number of nitrogens with one attached hydrogen (secondary N) is 1. The molecule has 0 unspecified atom stereocenters. The minimum atomic E-state index is -4.52. The van der Waals surface area contributed by atoms with Gasteiger partial charge in [0, 0.05) is 43.9 Å². The van der Waals surface area contributed by atoms with Crippen molar-refractivity contribution in [3.05, 3.63) is 56.4 Å². The molecule has 0 saturated carbocycles. The van der Waals surface area contributed by atoms with Gasteiger partial charge < -0.3 is 15.0 Å². The van der Waals surface area contributed by atoms with Gasteiger partial charge in [-0.15, -0.1) is 11.3 Å². The highest BCUT2D eigenvalue weighted by Crippen LogP contribution is 2.35. The second kappa shape index (κ2) is 10.2. The zero-order chi connectivity index (χ0) is 25.3. The molecule has 2 atom stereocenters. The quantitative estimate of drug-likeness (QED) is 0.474. The van der Waals surface area contributed by atoms with E-state index in [1.807, 2.05) is 19.2 Å². The Hall–Kier alpha value is -2.63. The lowest BCUT2D eigenvalue weighted by Gasteiger charge is -2.22. The Kier molecular flexibility index (Phi) is 7.39. The van der Waals surface area contributed by atoms with Gasteiger partial charge in [-0.1, -0.05) is 18.5 Å². The van der Waals surface area contributed by atoms with Crippen molar-refractivity contribution in [2.24, 2.45) is 7.05 Å². The predicted molar refractivity (Wildman–Crippen MR) is 131 cm³/mol. The molecule has 7 nitrogen and oxygen atoms in total. The lowest BCUT2D eigenvalue weighted by atomic mass is 10.1. The van der Waals surface area contributed by atoms with Gasteiger partial charge in [-0.05, 0) is 31.5 Å². The van der Waals surface area contributed by atoms with Crippen LogP contribution in [0.4, 0.5) is 24.0 Å². The van der Waals surface area contributed by atoms with Crippen LogP contribution in [0.25, 0.3) is 11.4 Å². The largest absolute Gasteiger partial charge is 0.416 e. The van der Waals surface area contributed by atoms with Crippen molar-refractivity contribution in [3.63, 3.8) is 0 Å². The first kappa shape index (κ1) is 25.5. The fourth-order valence-electron chi connectivity index (χ4n) is 4.17. The minimum Gasteiger partial charge on any atom is -0.374 e. The molecule has 1 aromatic carbocycles. The first-order valence-electron chi connectivity index (χ1n) is 11.1. The number of alkyl halides is 3. The second-order valence-electron chi connectivity index (χ2n) is 8.13. The number of hydrogen-bond acceptors (Lipinski definition) is 7. The minimum absolute atomic E-state index is 0.128. The fraction of sp³-hybridized carbons (Fsp3) is 0.435. The average molecular weight is 528 g/mol. The van der Waals surface area contributed by atoms with E-state index in [2.05, 4.69) is 20.2 Å². The number of anilines is 2. The molecule has 1 saturated heterocycles. The molecule has 4 rings (SSSR count). The summed E-state index contributed by atoms with van der Waals surface area (Å²) in [6.45, 7) is 5.53. The maximum absolute atomic E-state index is 13.4. The molecular weight excluding hydrogens is 503 g/mol. The highest BCUT2D eigenvalue weighted by Gasteiger charge is 2.36. The van der Waals surface area contributed by atoms with Gasteiger partial charge in [0.2, 0.25) is 0 Å². The molecule has 0 aliphatic carbocycles.